The molecule has 0 saturated carbocycles. The molecule has 2 aromatic carbocycles. The van der Waals surface area contributed by atoms with Gasteiger partial charge in [0, 0.05) is 30.6 Å². The smallest absolute Gasteiger partial charge is 0.238 e. The molecule has 4 rings (SSSR count). The van der Waals surface area contributed by atoms with Crippen LogP contribution in [0.5, 0.6) is 0 Å². The van der Waals surface area contributed by atoms with E-state index in [1.165, 1.54) is 12.1 Å². The van der Waals surface area contributed by atoms with Gasteiger partial charge in [0.1, 0.15) is 11.3 Å². The Morgan fingerprint density at radius 3 is 2.48 bits per heavy atom. The van der Waals surface area contributed by atoms with Crippen molar-refractivity contribution in [1.29, 1.82) is 0 Å². The summed E-state index contributed by atoms with van der Waals surface area (Å²) >= 11 is 0. The normalized spacial score (nSPS) is 11.9. The third-order valence-electron chi connectivity index (χ3n) is 5.76. The third-order valence-corrected chi connectivity index (χ3v) is 6.69. The van der Waals surface area contributed by atoms with Gasteiger partial charge in [-0.2, -0.15) is 0 Å². The van der Waals surface area contributed by atoms with E-state index in [1.807, 2.05) is 18.2 Å². The zero-order valence-electron chi connectivity index (χ0n) is 18.8. The van der Waals surface area contributed by atoms with Gasteiger partial charge < -0.3 is 15.6 Å². The minimum Gasteiger partial charge on any atom is -0.385 e. The highest BCUT2D eigenvalue weighted by Gasteiger charge is 2.16. The van der Waals surface area contributed by atoms with Crippen molar-refractivity contribution in [1.82, 2.24) is 14.5 Å². The Morgan fingerprint density at radius 1 is 1.00 bits per heavy atom. The number of imidazole rings is 1. The van der Waals surface area contributed by atoms with Gasteiger partial charge in [-0.05, 0) is 49.6 Å². The number of rotatable bonds is 10. The number of pyridine rings is 1. The van der Waals surface area contributed by atoms with Crippen LogP contribution in [0, 0.1) is 0 Å². The van der Waals surface area contributed by atoms with Crippen molar-refractivity contribution < 1.29 is 8.42 Å². The van der Waals surface area contributed by atoms with Crippen molar-refractivity contribution in [2.75, 3.05) is 17.6 Å². The number of nitrogen functional groups attached to an aromatic ring is 1. The number of anilines is 2. The van der Waals surface area contributed by atoms with Crippen LogP contribution in [0.1, 0.15) is 38.4 Å². The average molecular weight is 467 g/mol. The number of sulfonamides is 1. The molecule has 33 heavy (non-hydrogen) atoms. The van der Waals surface area contributed by atoms with Crippen LogP contribution in [0.2, 0.25) is 0 Å². The van der Waals surface area contributed by atoms with E-state index in [-0.39, 0.29) is 4.90 Å². The van der Waals surface area contributed by atoms with Crippen LogP contribution in [-0.4, -0.2) is 29.5 Å². The van der Waals surface area contributed by atoms with Crippen molar-refractivity contribution in [3.63, 3.8) is 0 Å². The van der Waals surface area contributed by atoms with Gasteiger partial charge in [0.15, 0.2) is 5.82 Å². The van der Waals surface area contributed by atoms with E-state index in [0.717, 1.165) is 78.6 Å². The molecule has 0 atom stereocenters. The van der Waals surface area contributed by atoms with Crippen LogP contribution in [0.3, 0.4) is 0 Å². The highest BCUT2D eigenvalue weighted by molar-refractivity contribution is 7.89. The summed E-state index contributed by atoms with van der Waals surface area (Å²) in [4.78, 5) is 9.54. The standard InChI is InChI=1S/C24H30N6O2S/c1-2-3-10-21-29-22-23(19-8-4-5-9-20(19)28-24(22)25)30(21)16-7-6-15-27-17-11-13-18(14-12-17)33(26,31)32/h4-5,8-9,11-14,27H,2-3,6-7,10,15-16H2,1H3,(H2,25,28)(H2,26,31,32). The van der Waals surface area contributed by atoms with Crippen LogP contribution in [0.15, 0.2) is 53.4 Å². The van der Waals surface area contributed by atoms with Gasteiger partial charge in [-0.3, -0.25) is 0 Å². The van der Waals surface area contributed by atoms with E-state index in [2.05, 4.69) is 27.9 Å². The van der Waals surface area contributed by atoms with Crippen molar-refractivity contribution >= 4 is 43.5 Å². The summed E-state index contributed by atoms with van der Waals surface area (Å²) in [6, 6.07) is 14.5. The molecule has 4 aromatic rings. The number of aryl methyl sites for hydroxylation is 2. The molecule has 0 aliphatic rings. The van der Waals surface area contributed by atoms with Gasteiger partial charge in [-0.15, -0.1) is 0 Å². The fraction of sp³-hybridized carbons (Fsp3) is 0.333. The van der Waals surface area contributed by atoms with Gasteiger partial charge in [-0.25, -0.2) is 23.5 Å². The largest absolute Gasteiger partial charge is 0.385 e. The van der Waals surface area contributed by atoms with Crippen molar-refractivity contribution in [2.24, 2.45) is 5.14 Å². The first kappa shape index (κ1) is 23.0. The van der Waals surface area contributed by atoms with Gasteiger partial charge >= 0.3 is 0 Å². The SMILES string of the molecule is CCCCc1nc2c(N)nc3ccccc3c2n1CCCCNc1ccc(S(N)(=O)=O)cc1. The maximum Gasteiger partial charge on any atom is 0.238 e. The maximum atomic E-state index is 11.4. The number of nitrogens with zero attached hydrogens (tertiary/aromatic N) is 3. The number of primary sulfonamides is 1. The molecular formula is C24H30N6O2S. The van der Waals surface area contributed by atoms with E-state index in [4.69, 9.17) is 15.9 Å². The number of para-hydroxylation sites is 1. The zero-order chi connectivity index (χ0) is 23.4. The van der Waals surface area contributed by atoms with Crippen molar-refractivity contribution in [2.45, 2.75) is 50.5 Å². The third kappa shape index (κ3) is 5.09. The monoisotopic (exact) mass is 466 g/mol. The quantitative estimate of drug-likeness (QED) is 0.302. The second-order valence-electron chi connectivity index (χ2n) is 8.20. The van der Waals surface area contributed by atoms with Crippen LogP contribution < -0.4 is 16.2 Å². The molecule has 0 saturated heterocycles. The molecule has 9 heteroatoms. The first-order valence-electron chi connectivity index (χ1n) is 11.3. The molecule has 2 aromatic heterocycles. The lowest BCUT2D eigenvalue weighted by Crippen LogP contribution is -2.12. The Labute approximate surface area is 194 Å². The molecule has 2 heterocycles. The van der Waals surface area contributed by atoms with Crippen molar-refractivity contribution in [3.8, 4) is 0 Å². The first-order chi connectivity index (χ1) is 15.9. The first-order valence-corrected chi connectivity index (χ1v) is 12.8. The summed E-state index contributed by atoms with van der Waals surface area (Å²) in [6.07, 6.45) is 5.00. The lowest BCUT2D eigenvalue weighted by Gasteiger charge is -2.12. The van der Waals surface area contributed by atoms with E-state index in [1.54, 1.807) is 12.1 Å². The number of benzene rings is 2. The molecule has 174 valence electrons. The molecule has 0 spiro atoms. The van der Waals surface area contributed by atoms with Gasteiger partial charge in [0.2, 0.25) is 10.0 Å². The van der Waals surface area contributed by atoms with Crippen LogP contribution >= 0.6 is 0 Å². The Balaban J connectivity index is 1.48. The average Bonchev–Trinajstić information content (AvgIpc) is 3.16. The molecule has 8 nitrogen and oxygen atoms in total. The van der Waals surface area contributed by atoms with Crippen LogP contribution in [-0.2, 0) is 23.0 Å². The van der Waals surface area contributed by atoms with Crippen LogP contribution in [0.4, 0.5) is 11.5 Å². The number of fused-ring (bicyclic) bond motifs is 3. The number of unbranched alkanes of at least 4 members (excludes halogenated alkanes) is 2. The molecule has 0 fully saturated rings. The summed E-state index contributed by atoms with van der Waals surface area (Å²) in [5, 5.41) is 9.56. The lowest BCUT2D eigenvalue weighted by molar-refractivity contribution is 0.597. The molecule has 0 bridgehead atoms. The fourth-order valence-electron chi connectivity index (χ4n) is 4.06. The highest BCUT2D eigenvalue weighted by Crippen LogP contribution is 2.29. The summed E-state index contributed by atoms with van der Waals surface area (Å²) < 4.78 is 25.1. The number of nitrogens with one attached hydrogen (secondary N) is 1. The predicted octanol–water partition coefficient (Wildman–Crippen LogP) is 4.05. The number of hydrogen-bond acceptors (Lipinski definition) is 6. The summed E-state index contributed by atoms with van der Waals surface area (Å²) in [5.74, 6) is 1.54. The Bertz CT molecular complexity index is 1360. The molecule has 0 unspecified atom stereocenters. The van der Waals surface area contributed by atoms with Gasteiger partial charge in [-0.1, -0.05) is 31.5 Å². The fourth-order valence-corrected chi connectivity index (χ4v) is 4.58. The summed E-state index contributed by atoms with van der Waals surface area (Å²) in [7, 11) is -3.67. The van der Waals surface area contributed by atoms with Gasteiger partial charge in [0.05, 0.1) is 15.9 Å². The molecule has 0 aliphatic carbocycles. The molecule has 0 aliphatic heterocycles. The number of aromatic nitrogens is 3. The second kappa shape index (κ2) is 9.76. The number of nitrogens with two attached hydrogens (primary N) is 2. The Hall–Kier alpha value is -3.17. The maximum absolute atomic E-state index is 11.4. The Kier molecular flexibility index (Phi) is 6.80. The zero-order valence-corrected chi connectivity index (χ0v) is 19.6. The molecule has 0 amide bonds. The van der Waals surface area contributed by atoms with Gasteiger partial charge in [0.25, 0.3) is 0 Å². The predicted molar refractivity (Wildman–Crippen MR) is 134 cm³/mol. The topological polar surface area (TPSA) is 129 Å². The Morgan fingerprint density at radius 2 is 1.76 bits per heavy atom. The van der Waals surface area contributed by atoms with E-state index in [9.17, 15) is 8.42 Å². The summed E-state index contributed by atoms with van der Waals surface area (Å²) in [6.45, 7) is 3.80. The highest BCUT2D eigenvalue weighted by atomic mass is 32.2. The molecule has 0 radical (unpaired) electrons. The minimum atomic E-state index is -3.67. The van der Waals surface area contributed by atoms with Crippen LogP contribution in [0.25, 0.3) is 21.9 Å². The number of hydrogen-bond donors (Lipinski definition) is 3. The lowest BCUT2D eigenvalue weighted by atomic mass is 10.2. The second-order valence-corrected chi connectivity index (χ2v) is 9.76. The summed E-state index contributed by atoms with van der Waals surface area (Å²) in [5.41, 5.74) is 9.87. The molecule has 5 N–H and O–H groups in total. The van der Waals surface area contributed by atoms with E-state index >= 15 is 0 Å². The van der Waals surface area contributed by atoms with Crippen molar-refractivity contribution in [3.05, 3.63) is 54.4 Å². The van der Waals surface area contributed by atoms with E-state index in [0.29, 0.717) is 5.82 Å². The van der Waals surface area contributed by atoms with E-state index < -0.39 is 10.0 Å². The minimum absolute atomic E-state index is 0.112. The molecular weight excluding hydrogens is 436 g/mol.